The summed E-state index contributed by atoms with van der Waals surface area (Å²) in [5.74, 6) is -1.17. The van der Waals surface area contributed by atoms with Crippen molar-refractivity contribution < 1.29 is 32.7 Å². The lowest BCUT2D eigenvalue weighted by Crippen LogP contribution is -2.38. The quantitative estimate of drug-likeness (QED) is 0.449. The largest absolute Gasteiger partial charge is 0.482 e. The summed E-state index contributed by atoms with van der Waals surface area (Å²) in [7, 11) is 0. The van der Waals surface area contributed by atoms with Crippen LogP contribution in [0.25, 0.3) is 0 Å². The zero-order chi connectivity index (χ0) is 25.8. The summed E-state index contributed by atoms with van der Waals surface area (Å²) in [5.41, 5.74) is 1.51. The highest BCUT2D eigenvalue weighted by Gasteiger charge is 2.28. The number of aryl methyl sites for hydroxylation is 1. The maximum atomic E-state index is 13.9. The zero-order valence-electron chi connectivity index (χ0n) is 20.2. The number of carbonyl (C=O) groups excluding carboxylic acids is 3. The average molecular weight is 496 g/mol. The van der Waals surface area contributed by atoms with E-state index in [1.54, 1.807) is 25.1 Å². The second-order valence-corrected chi connectivity index (χ2v) is 8.51. The molecule has 36 heavy (non-hydrogen) atoms. The van der Waals surface area contributed by atoms with E-state index in [1.165, 1.54) is 29.4 Å². The molecular formula is C26H26FN3O6. The summed E-state index contributed by atoms with van der Waals surface area (Å²) < 4.78 is 30.2. The van der Waals surface area contributed by atoms with Crippen molar-refractivity contribution in [3.05, 3.63) is 71.2 Å². The van der Waals surface area contributed by atoms with Crippen LogP contribution < -0.4 is 19.7 Å². The van der Waals surface area contributed by atoms with E-state index in [9.17, 15) is 18.8 Å². The molecule has 0 fully saturated rings. The van der Waals surface area contributed by atoms with Crippen LogP contribution in [-0.4, -0.2) is 41.8 Å². The van der Waals surface area contributed by atoms with Crippen molar-refractivity contribution in [1.82, 2.24) is 10.3 Å². The Kier molecular flexibility index (Phi) is 7.33. The smallest absolute Gasteiger partial charge is 0.273 e. The molecule has 1 aromatic heterocycles. The fourth-order valence-electron chi connectivity index (χ4n) is 3.52. The van der Waals surface area contributed by atoms with Gasteiger partial charge in [0.15, 0.2) is 36.3 Å². The van der Waals surface area contributed by atoms with Gasteiger partial charge in [-0.05, 0) is 56.2 Å². The van der Waals surface area contributed by atoms with Crippen LogP contribution in [0.2, 0.25) is 0 Å². The predicted octanol–water partition coefficient (Wildman–Crippen LogP) is 3.84. The summed E-state index contributed by atoms with van der Waals surface area (Å²) in [6.45, 7) is 4.98. The Morgan fingerprint density at radius 2 is 2.06 bits per heavy atom. The lowest BCUT2D eigenvalue weighted by molar-refractivity contribution is -0.121. The van der Waals surface area contributed by atoms with Crippen molar-refractivity contribution in [3.8, 4) is 11.5 Å². The van der Waals surface area contributed by atoms with Gasteiger partial charge in [0, 0.05) is 11.6 Å². The maximum Gasteiger partial charge on any atom is 0.273 e. The number of carbonyl (C=O) groups is 3. The number of hydrogen-bond acceptors (Lipinski definition) is 7. The van der Waals surface area contributed by atoms with E-state index < -0.39 is 11.6 Å². The van der Waals surface area contributed by atoms with E-state index in [0.29, 0.717) is 11.4 Å². The topological polar surface area (TPSA) is 111 Å². The van der Waals surface area contributed by atoms with Gasteiger partial charge in [-0.1, -0.05) is 13.0 Å². The molecule has 0 aliphatic carbocycles. The Morgan fingerprint density at radius 1 is 1.25 bits per heavy atom. The van der Waals surface area contributed by atoms with Gasteiger partial charge in [0.1, 0.15) is 18.6 Å². The first-order valence-electron chi connectivity index (χ1n) is 11.5. The number of halogens is 1. The summed E-state index contributed by atoms with van der Waals surface area (Å²) in [6.07, 6.45) is 2.00. The van der Waals surface area contributed by atoms with Crippen LogP contribution in [0.4, 0.5) is 10.1 Å². The van der Waals surface area contributed by atoms with Crippen LogP contribution in [-0.2, 0) is 11.3 Å². The molecule has 1 atom stereocenters. The first-order chi connectivity index (χ1) is 17.2. The lowest BCUT2D eigenvalue weighted by Gasteiger charge is -2.28. The third-order valence-corrected chi connectivity index (χ3v) is 5.74. The van der Waals surface area contributed by atoms with Gasteiger partial charge in [-0.3, -0.25) is 19.3 Å². The molecule has 0 bridgehead atoms. The third kappa shape index (κ3) is 5.54. The minimum atomic E-state index is -0.563. The fraction of sp³-hybridized carbons (Fsp3) is 0.308. The van der Waals surface area contributed by atoms with Crippen LogP contribution in [0.3, 0.4) is 0 Å². The molecule has 0 spiro atoms. The van der Waals surface area contributed by atoms with Gasteiger partial charge in [-0.25, -0.2) is 9.37 Å². The van der Waals surface area contributed by atoms with Crippen LogP contribution >= 0.6 is 0 Å². The number of Topliss-reactive ketones (excluding diaryl/α,β-unsaturated/α-hetero) is 1. The molecule has 10 heteroatoms. The molecular weight excluding hydrogens is 469 g/mol. The Balaban J connectivity index is 1.50. The number of aromatic nitrogens is 1. The van der Waals surface area contributed by atoms with Gasteiger partial charge in [0.25, 0.3) is 11.8 Å². The second-order valence-electron chi connectivity index (χ2n) is 8.51. The molecule has 1 N–H and O–H groups in total. The number of nitrogens with zero attached hydrogens (tertiary/aromatic N) is 2. The number of oxazole rings is 1. The minimum Gasteiger partial charge on any atom is -0.482 e. The Hall–Kier alpha value is -4.21. The molecule has 2 heterocycles. The summed E-state index contributed by atoms with van der Waals surface area (Å²) in [4.78, 5) is 43.3. The highest BCUT2D eigenvalue weighted by molar-refractivity contribution is 6.02. The number of ketones is 1. The van der Waals surface area contributed by atoms with Gasteiger partial charge < -0.3 is 19.2 Å². The molecule has 188 valence electrons. The Bertz CT molecular complexity index is 1300. The van der Waals surface area contributed by atoms with Crippen molar-refractivity contribution >= 4 is 23.3 Å². The van der Waals surface area contributed by atoms with Crippen LogP contribution in [0, 0.1) is 12.7 Å². The van der Waals surface area contributed by atoms with Crippen molar-refractivity contribution in [2.75, 3.05) is 18.1 Å². The second kappa shape index (κ2) is 10.6. The van der Waals surface area contributed by atoms with E-state index in [1.807, 2.05) is 13.8 Å². The number of hydrogen-bond donors (Lipinski definition) is 1. The molecule has 3 aromatic rings. The molecule has 2 amide bonds. The SMILES string of the molecule is CC[C@@H](C)NC(=O)c1coc(CN2C(=O)COc3ccc(C(=O)COc4cc(C)ccc4F)cc32)n1. The Labute approximate surface area is 207 Å². The van der Waals surface area contributed by atoms with Crippen molar-refractivity contribution in [2.24, 2.45) is 0 Å². The van der Waals surface area contributed by atoms with E-state index in [2.05, 4.69) is 10.3 Å². The number of fused-ring (bicyclic) bond motifs is 1. The summed E-state index contributed by atoms with van der Waals surface area (Å²) in [5, 5.41) is 2.80. The number of amides is 2. The summed E-state index contributed by atoms with van der Waals surface area (Å²) >= 11 is 0. The monoisotopic (exact) mass is 495 g/mol. The normalized spacial score (nSPS) is 13.6. The van der Waals surface area contributed by atoms with Crippen LogP contribution in [0.1, 0.15) is 52.6 Å². The average Bonchev–Trinajstić information content (AvgIpc) is 3.34. The number of benzene rings is 2. The van der Waals surface area contributed by atoms with Gasteiger partial charge in [0.05, 0.1) is 5.69 Å². The first-order valence-corrected chi connectivity index (χ1v) is 11.5. The molecule has 9 nitrogen and oxygen atoms in total. The van der Waals surface area contributed by atoms with E-state index in [0.717, 1.165) is 12.0 Å². The Morgan fingerprint density at radius 3 is 2.83 bits per heavy atom. The number of ether oxygens (including phenoxy) is 2. The maximum absolute atomic E-state index is 13.9. The highest BCUT2D eigenvalue weighted by Crippen LogP contribution is 2.34. The van der Waals surface area contributed by atoms with Gasteiger partial charge in [-0.15, -0.1) is 0 Å². The highest BCUT2D eigenvalue weighted by atomic mass is 19.1. The molecule has 0 saturated carbocycles. The molecule has 0 unspecified atom stereocenters. The van der Waals surface area contributed by atoms with Crippen LogP contribution in [0.5, 0.6) is 11.5 Å². The summed E-state index contributed by atoms with van der Waals surface area (Å²) in [6, 6.07) is 9.00. The van der Waals surface area contributed by atoms with Gasteiger partial charge >= 0.3 is 0 Å². The number of nitrogens with one attached hydrogen (secondary N) is 1. The third-order valence-electron chi connectivity index (χ3n) is 5.74. The number of rotatable bonds is 9. The standard InChI is InChI=1S/C26H26FN3O6/c1-4-16(3)28-26(33)19-12-36-24(29-19)11-30-20-10-17(6-8-22(20)35-14-25(30)32)21(31)13-34-23-9-15(2)5-7-18(23)27/h5-10,12,16H,4,11,13-14H2,1-3H3,(H,28,33)/t16-/m1/s1. The minimum absolute atomic E-state index is 0.0153. The molecule has 1 aliphatic heterocycles. The van der Waals surface area contributed by atoms with Crippen molar-refractivity contribution in [2.45, 2.75) is 39.8 Å². The van der Waals surface area contributed by atoms with Gasteiger partial charge in [-0.2, -0.15) is 0 Å². The molecule has 4 rings (SSSR count). The van der Waals surface area contributed by atoms with Crippen molar-refractivity contribution in [1.29, 1.82) is 0 Å². The molecule has 2 aromatic carbocycles. The number of anilines is 1. The van der Waals surface area contributed by atoms with Crippen molar-refractivity contribution in [3.63, 3.8) is 0 Å². The molecule has 0 radical (unpaired) electrons. The zero-order valence-corrected chi connectivity index (χ0v) is 20.2. The fourth-order valence-corrected chi connectivity index (χ4v) is 3.52. The molecule has 1 aliphatic rings. The van der Waals surface area contributed by atoms with E-state index >= 15 is 0 Å². The van der Waals surface area contributed by atoms with E-state index in [-0.39, 0.29) is 60.5 Å². The van der Waals surface area contributed by atoms with Gasteiger partial charge in [0.2, 0.25) is 5.89 Å². The van der Waals surface area contributed by atoms with Crippen LogP contribution in [0.15, 0.2) is 47.1 Å². The first kappa shape index (κ1) is 24.9. The lowest BCUT2D eigenvalue weighted by atomic mass is 10.1. The van der Waals surface area contributed by atoms with E-state index in [4.69, 9.17) is 13.9 Å². The predicted molar refractivity (Wildman–Crippen MR) is 128 cm³/mol. The molecule has 0 saturated heterocycles.